The molecule has 1 aliphatic carbocycles. The van der Waals surface area contributed by atoms with Crippen LogP contribution in [0, 0.1) is 17.1 Å². The number of hydrogen-bond acceptors (Lipinski definition) is 2. The first-order chi connectivity index (χ1) is 9.69. The number of halogens is 2. The number of hydrogen-bond donors (Lipinski definition) is 1. The van der Waals surface area contributed by atoms with Gasteiger partial charge in [0.2, 0.25) is 0 Å². The predicted molar refractivity (Wildman–Crippen MR) is 77.3 cm³/mol. The molecule has 0 saturated carbocycles. The van der Waals surface area contributed by atoms with Crippen LogP contribution >= 0.6 is 11.6 Å². The Morgan fingerprint density at radius 2 is 2.15 bits per heavy atom. The second-order valence-electron chi connectivity index (χ2n) is 4.85. The molecule has 0 amide bonds. The van der Waals surface area contributed by atoms with Crippen molar-refractivity contribution in [3.05, 3.63) is 63.9 Å². The molecule has 100 valence electrons. The summed E-state index contributed by atoms with van der Waals surface area (Å²) in [6.45, 7) is 0. The normalized spacial score (nSPS) is 16.6. The summed E-state index contributed by atoms with van der Waals surface area (Å²) in [5.41, 5.74) is 3.02. The quantitative estimate of drug-likeness (QED) is 0.885. The summed E-state index contributed by atoms with van der Waals surface area (Å²) in [6.07, 6.45) is 1.54. The highest BCUT2D eigenvalue weighted by Crippen LogP contribution is 2.36. The van der Waals surface area contributed by atoms with Crippen molar-refractivity contribution in [1.82, 2.24) is 0 Å². The van der Waals surface area contributed by atoms with Crippen LogP contribution < -0.4 is 5.32 Å². The standard InChI is InChI=1S/C16H12ClFN2/c17-13-6-4-10(9-19)8-16(13)20-15-7-5-11-12(15)2-1-3-14(11)18/h1-4,6,8,15,20H,5,7H2. The Morgan fingerprint density at radius 3 is 2.95 bits per heavy atom. The van der Waals surface area contributed by atoms with Crippen molar-refractivity contribution in [3.63, 3.8) is 0 Å². The van der Waals surface area contributed by atoms with Gasteiger partial charge in [-0.15, -0.1) is 0 Å². The molecule has 4 heteroatoms. The zero-order valence-corrected chi connectivity index (χ0v) is 11.4. The maximum atomic E-state index is 13.7. The summed E-state index contributed by atoms with van der Waals surface area (Å²) in [7, 11) is 0. The molecule has 0 aromatic heterocycles. The van der Waals surface area contributed by atoms with E-state index < -0.39 is 0 Å². The lowest BCUT2D eigenvalue weighted by molar-refractivity contribution is 0.612. The molecule has 1 N–H and O–H groups in total. The lowest BCUT2D eigenvalue weighted by Gasteiger charge is -2.17. The van der Waals surface area contributed by atoms with Crippen LogP contribution in [0.25, 0.3) is 0 Å². The summed E-state index contributed by atoms with van der Waals surface area (Å²) in [5, 5.41) is 12.8. The minimum absolute atomic E-state index is 0.0344. The Bertz CT molecular complexity index is 706. The second-order valence-corrected chi connectivity index (χ2v) is 5.26. The molecule has 0 aliphatic heterocycles. The molecule has 1 aliphatic rings. The van der Waals surface area contributed by atoms with Gasteiger partial charge in [-0.05, 0) is 48.2 Å². The maximum absolute atomic E-state index is 13.7. The lowest BCUT2D eigenvalue weighted by Crippen LogP contribution is -2.07. The number of benzene rings is 2. The van der Waals surface area contributed by atoms with E-state index in [2.05, 4.69) is 11.4 Å². The Labute approximate surface area is 121 Å². The van der Waals surface area contributed by atoms with Crippen LogP contribution in [0.5, 0.6) is 0 Å². The number of nitriles is 1. The zero-order chi connectivity index (χ0) is 14.1. The van der Waals surface area contributed by atoms with Gasteiger partial charge in [-0.1, -0.05) is 23.7 Å². The molecule has 1 unspecified atom stereocenters. The molecule has 20 heavy (non-hydrogen) atoms. The molecule has 2 nitrogen and oxygen atoms in total. The Balaban J connectivity index is 1.92. The molecule has 0 saturated heterocycles. The average molecular weight is 287 g/mol. The van der Waals surface area contributed by atoms with Gasteiger partial charge in [-0.3, -0.25) is 0 Å². The highest BCUT2D eigenvalue weighted by molar-refractivity contribution is 6.33. The fourth-order valence-electron chi connectivity index (χ4n) is 2.65. The first-order valence-electron chi connectivity index (χ1n) is 6.42. The first kappa shape index (κ1) is 13.0. The number of fused-ring (bicyclic) bond motifs is 1. The smallest absolute Gasteiger partial charge is 0.126 e. The van der Waals surface area contributed by atoms with Crippen molar-refractivity contribution < 1.29 is 4.39 Å². The largest absolute Gasteiger partial charge is 0.377 e. The lowest BCUT2D eigenvalue weighted by atomic mass is 10.1. The van der Waals surface area contributed by atoms with E-state index in [1.807, 2.05) is 6.07 Å². The molecular weight excluding hydrogens is 275 g/mol. The first-order valence-corrected chi connectivity index (χ1v) is 6.80. The minimum atomic E-state index is -0.149. The maximum Gasteiger partial charge on any atom is 0.126 e. The summed E-state index contributed by atoms with van der Waals surface area (Å²) in [4.78, 5) is 0. The molecule has 3 rings (SSSR count). The summed E-state index contributed by atoms with van der Waals surface area (Å²) in [6, 6.07) is 12.4. The van der Waals surface area contributed by atoms with Gasteiger partial charge in [0.25, 0.3) is 0 Å². The van der Waals surface area contributed by atoms with Crippen LogP contribution in [0.15, 0.2) is 36.4 Å². The van der Waals surface area contributed by atoms with Crippen LogP contribution in [0.3, 0.4) is 0 Å². The van der Waals surface area contributed by atoms with Gasteiger partial charge in [0, 0.05) is 0 Å². The topological polar surface area (TPSA) is 35.8 Å². The summed E-state index contributed by atoms with van der Waals surface area (Å²) >= 11 is 6.14. The zero-order valence-electron chi connectivity index (χ0n) is 10.7. The van der Waals surface area contributed by atoms with Gasteiger partial charge in [-0.25, -0.2) is 4.39 Å². The highest BCUT2D eigenvalue weighted by Gasteiger charge is 2.25. The van der Waals surface area contributed by atoms with Crippen LogP contribution in [0.4, 0.5) is 10.1 Å². The van der Waals surface area contributed by atoms with Crippen molar-refractivity contribution in [1.29, 1.82) is 5.26 Å². The van der Waals surface area contributed by atoms with E-state index >= 15 is 0 Å². The fraction of sp³-hybridized carbons (Fsp3) is 0.188. The molecule has 0 radical (unpaired) electrons. The van der Waals surface area contributed by atoms with E-state index in [0.717, 1.165) is 24.0 Å². The third-order valence-electron chi connectivity index (χ3n) is 3.64. The van der Waals surface area contributed by atoms with E-state index in [0.29, 0.717) is 16.3 Å². The minimum Gasteiger partial charge on any atom is -0.377 e. The van der Waals surface area contributed by atoms with Gasteiger partial charge < -0.3 is 5.32 Å². The highest BCUT2D eigenvalue weighted by atomic mass is 35.5. The second kappa shape index (κ2) is 5.15. The Morgan fingerprint density at radius 1 is 1.30 bits per heavy atom. The summed E-state index contributed by atoms with van der Waals surface area (Å²) < 4.78 is 13.7. The molecular formula is C16H12ClFN2. The van der Waals surface area contributed by atoms with Gasteiger partial charge in [-0.2, -0.15) is 5.26 Å². The van der Waals surface area contributed by atoms with Crippen molar-refractivity contribution in [2.24, 2.45) is 0 Å². The van der Waals surface area contributed by atoms with Gasteiger partial charge in [0.05, 0.1) is 28.4 Å². The third-order valence-corrected chi connectivity index (χ3v) is 3.97. The Kier molecular flexibility index (Phi) is 3.33. The third kappa shape index (κ3) is 2.23. The van der Waals surface area contributed by atoms with Crippen LogP contribution in [0.2, 0.25) is 5.02 Å². The summed E-state index contributed by atoms with van der Waals surface area (Å²) in [5.74, 6) is -0.149. The predicted octanol–water partition coefficient (Wildman–Crippen LogP) is 4.45. The van der Waals surface area contributed by atoms with E-state index in [4.69, 9.17) is 16.9 Å². The average Bonchev–Trinajstić information content (AvgIpc) is 2.86. The van der Waals surface area contributed by atoms with Gasteiger partial charge in [0.15, 0.2) is 0 Å². The van der Waals surface area contributed by atoms with Crippen molar-refractivity contribution in [2.45, 2.75) is 18.9 Å². The number of anilines is 1. The fourth-order valence-corrected chi connectivity index (χ4v) is 2.82. The molecule has 0 fully saturated rings. The van der Waals surface area contributed by atoms with Crippen molar-refractivity contribution in [2.75, 3.05) is 5.32 Å². The van der Waals surface area contributed by atoms with Crippen molar-refractivity contribution in [3.8, 4) is 6.07 Å². The van der Waals surface area contributed by atoms with E-state index in [1.54, 1.807) is 24.3 Å². The number of rotatable bonds is 2. The van der Waals surface area contributed by atoms with Crippen LogP contribution in [-0.2, 0) is 6.42 Å². The monoisotopic (exact) mass is 286 g/mol. The molecule has 1 atom stereocenters. The molecule has 0 heterocycles. The SMILES string of the molecule is N#Cc1ccc(Cl)c(NC2CCc3c(F)cccc32)c1. The van der Waals surface area contributed by atoms with Crippen molar-refractivity contribution >= 4 is 17.3 Å². The molecule has 0 spiro atoms. The van der Waals surface area contributed by atoms with Gasteiger partial charge in [0.1, 0.15) is 5.82 Å². The van der Waals surface area contributed by atoms with E-state index in [-0.39, 0.29) is 11.9 Å². The Hall–Kier alpha value is -2.05. The number of nitrogens with zero attached hydrogens (tertiary/aromatic N) is 1. The van der Waals surface area contributed by atoms with Crippen LogP contribution in [0.1, 0.15) is 29.2 Å². The molecule has 2 aromatic carbocycles. The van der Waals surface area contributed by atoms with E-state index in [1.165, 1.54) is 6.07 Å². The molecule has 0 bridgehead atoms. The van der Waals surface area contributed by atoms with Gasteiger partial charge >= 0.3 is 0 Å². The van der Waals surface area contributed by atoms with Crippen LogP contribution in [-0.4, -0.2) is 0 Å². The molecule has 2 aromatic rings. The number of nitrogens with one attached hydrogen (secondary N) is 1. The van der Waals surface area contributed by atoms with E-state index in [9.17, 15) is 4.39 Å².